The highest BCUT2D eigenvalue weighted by molar-refractivity contribution is 5.65. The number of benzene rings is 2. The Balaban J connectivity index is 1.84. The quantitative estimate of drug-likeness (QED) is 0.592. The Morgan fingerprint density at radius 3 is 2.33 bits per heavy atom. The molecule has 27 heavy (non-hydrogen) atoms. The summed E-state index contributed by atoms with van der Waals surface area (Å²) in [5.41, 5.74) is 3.16. The predicted molar refractivity (Wildman–Crippen MR) is 111 cm³/mol. The number of para-hydroxylation sites is 3. The maximum atomic E-state index is 5.65. The Bertz CT molecular complexity index is 903. The minimum atomic E-state index is 0.0358. The molecule has 0 aliphatic heterocycles. The average Bonchev–Trinajstić information content (AvgIpc) is 2.63. The number of ether oxygens (including phenoxy) is 1. The summed E-state index contributed by atoms with van der Waals surface area (Å²) < 4.78 is 5.65. The van der Waals surface area contributed by atoms with E-state index in [0.29, 0.717) is 12.6 Å². The maximum Gasteiger partial charge on any atom is 0.229 e. The van der Waals surface area contributed by atoms with Gasteiger partial charge in [0.1, 0.15) is 11.6 Å². The lowest BCUT2D eigenvalue weighted by molar-refractivity contribution is 0.342. The number of anilines is 4. The van der Waals surface area contributed by atoms with Crippen LogP contribution in [-0.2, 0) is 5.41 Å². The Kier molecular flexibility index (Phi) is 5.60. The van der Waals surface area contributed by atoms with Gasteiger partial charge in [-0.25, -0.2) is 4.98 Å². The molecule has 0 atom stereocenters. The normalized spacial score (nSPS) is 11.1. The van der Waals surface area contributed by atoms with Crippen LogP contribution in [0, 0.1) is 0 Å². The van der Waals surface area contributed by atoms with Gasteiger partial charge < -0.3 is 15.4 Å². The van der Waals surface area contributed by atoms with Crippen molar-refractivity contribution in [2.45, 2.75) is 33.1 Å². The molecule has 3 rings (SSSR count). The molecule has 2 aromatic carbocycles. The SMILES string of the molecule is CCOc1ccccc1Nc1nccc(Nc2ccccc2C(C)(C)C)n1. The van der Waals surface area contributed by atoms with E-state index in [1.807, 2.05) is 43.3 Å². The first-order chi connectivity index (χ1) is 13.0. The predicted octanol–water partition coefficient (Wildman–Crippen LogP) is 5.66. The summed E-state index contributed by atoms with van der Waals surface area (Å²) in [5.74, 6) is 2.03. The van der Waals surface area contributed by atoms with Gasteiger partial charge in [0.15, 0.2) is 0 Å². The molecule has 1 aromatic heterocycles. The van der Waals surface area contributed by atoms with Gasteiger partial charge in [-0.05, 0) is 42.2 Å². The summed E-state index contributed by atoms with van der Waals surface area (Å²) in [6.07, 6.45) is 1.74. The van der Waals surface area contributed by atoms with Crippen molar-refractivity contribution in [1.29, 1.82) is 0 Å². The van der Waals surface area contributed by atoms with E-state index in [-0.39, 0.29) is 5.41 Å². The van der Waals surface area contributed by atoms with E-state index in [1.54, 1.807) is 6.20 Å². The molecule has 0 aliphatic rings. The highest BCUT2D eigenvalue weighted by atomic mass is 16.5. The van der Waals surface area contributed by atoms with E-state index in [0.717, 1.165) is 22.9 Å². The van der Waals surface area contributed by atoms with E-state index in [9.17, 15) is 0 Å². The van der Waals surface area contributed by atoms with Crippen molar-refractivity contribution in [2.75, 3.05) is 17.2 Å². The van der Waals surface area contributed by atoms with Gasteiger partial charge >= 0.3 is 0 Å². The van der Waals surface area contributed by atoms with Crippen molar-refractivity contribution in [3.8, 4) is 5.75 Å². The third-order valence-corrected chi connectivity index (χ3v) is 4.09. The van der Waals surface area contributed by atoms with Gasteiger partial charge in [0.25, 0.3) is 0 Å². The summed E-state index contributed by atoms with van der Waals surface area (Å²) in [6.45, 7) is 9.16. The van der Waals surface area contributed by atoms with E-state index in [2.05, 4.69) is 59.6 Å². The summed E-state index contributed by atoms with van der Waals surface area (Å²) in [5, 5.41) is 6.66. The number of aromatic nitrogens is 2. The van der Waals surface area contributed by atoms with E-state index >= 15 is 0 Å². The Morgan fingerprint density at radius 1 is 0.889 bits per heavy atom. The molecule has 0 saturated heterocycles. The van der Waals surface area contributed by atoms with Crippen molar-refractivity contribution in [3.05, 3.63) is 66.4 Å². The lowest BCUT2D eigenvalue weighted by Crippen LogP contribution is -2.13. The first kappa shape index (κ1) is 18.7. The van der Waals surface area contributed by atoms with Crippen molar-refractivity contribution in [2.24, 2.45) is 0 Å². The zero-order chi connectivity index (χ0) is 19.3. The molecule has 5 nitrogen and oxygen atoms in total. The third-order valence-electron chi connectivity index (χ3n) is 4.09. The van der Waals surface area contributed by atoms with Crippen LogP contribution >= 0.6 is 0 Å². The minimum absolute atomic E-state index is 0.0358. The highest BCUT2D eigenvalue weighted by Gasteiger charge is 2.17. The second kappa shape index (κ2) is 8.08. The Hall–Kier alpha value is -3.08. The summed E-state index contributed by atoms with van der Waals surface area (Å²) in [4.78, 5) is 8.93. The summed E-state index contributed by atoms with van der Waals surface area (Å²) in [6, 6.07) is 17.9. The fourth-order valence-electron chi connectivity index (χ4n) is 2.84. The second-order valence-corrected chi connectivity index (χ2v) is 7.24. The van der Waals surface area contributed by atoms with Crippen LogP contribution in [0.15, 0.2) is 60.8 Å². The third kappa shape index (κ3) is 4.76. The van der Waals surface area contributed by atoms with Gasteiger partial charge in [0.05, 0.1) is 12.3 Å². The molecule has 0 bridgehead atoms. The van der Waals surface area contributed by atoms with Crippen molar-refractivity contribution < 1.29 is 4.74 Å². The van der Waals surface area contributed by atoms with Gasteiger partial charge in [-0.2, -0.15) is 4.98 Å². The topological polar surface area (TPSA) is 59.1 Å². The number of nitrogens with one attached hydrogen (secondary N) is 2. The molecular formula is C22H26N4O. The summed E-state index contributed by atoms with van der Waals surface area (Å²) >= 11 is 0. The lowest BCUT2D eigenvalue weighted by Gasteiger charge is -2.23. The number of rotatable bonds is 6. The molecule has 140 valence electrons. The molecule has 0 saturated carbocycles. The van der Waals surface area contributed by atoms with Crippen LogP contribution < -0.4 is 15.4 Å². The first-order valence-corrected chi connectivity index (χ1v) is 9.16. The smallest absolute Gasteiger partial charge is 0.229 e. The zero-order valence-electron chi connectivity index (χ0n) is 16.3. The number of hydrogen-bond donors (Lipinski definition) is 2. The van der Waals surface area contributed by atoms with Gasteiger partial charge in [-0.1, -0.05) is 51.1 Å². The zero-order valence-corrected chi connectivity index (χ0v) is 16.3. The van der Waals surface area contributed by atoms with Crippen molar-refractivity contribution >= 4 is 23.1 Å². The van der Waals surface area contributed by atoms with E-state index in [1.165, 1.54) is 5.56 Å². The van der Waals surface area contributed by atoms with Crippen molar-refractivity contribution in [3.63, 3.8) is 0 Å². The Morgan fingerprint density at radius 2 is 1.59 bits per heavy atom. The standard InChI is InChI=1S/C22H26N4O/c1-5-27-19-13-9-8-12-18(19)25-21-23-15-14-20(26-21)24-17-11-7-6-10-16(17)22(2,3)4/h6-15H,5H2,1-4H3,(H2,23,24,25,26). The van der Waals surface area contributed by atoms with Crippen LogP contribution in [0.25, 0.3) is 0 Å². The molecule has 1 heterocycles. The van der Waals surface area contributed by atoms with E-state index in [4.69, 9.17) is 4.74 Å². The molecule has 0 fully saturated rings. The van der Waals surface area contributed by atoms with Gasteiger partial charge in [-0.3, -0.25) is 0 Å². The number of nitrogens with zero attached hydrogens (tertiary/aromatic N) is 2. The molecule has 2 N–H and O–H groups in total. The fraction of sp³-hybridized carbons (Fsp3) is 0.273. The Labute approximate surface area is 160 Å². The molecule has 3 aromatic rings. The number of hydrogen-bond acceptors (Lipinski definition) is 5. The van der Waals surface area contributed by atoms with E-state index < -0.39 is 0 Å². The molecule has 0 amide bonds. The van der Waals surface area contributed by atoms with Crippen LogP contribution in [0.5, 0.6) is 5.75 Å². The highest BCUT2D eigenvalue weighted by Crippen LogP contribution is 2.31. The summed E-state index contributed by atoms with van der Waals surface area (Å²) in [7, 11) is 0. The minimum Gasteiger partial charge on any atom is -0.492 e. The monoisotopic (exact) mass is 362 g/mol. The van der Waals surface area contributed by atoms with Gasteiger partial charge in [0.2, 0.25) is 5.95 Å². The largest absolute Gasteiger partial charge is 0.492 e. The van der Waals surface area contributed by atoms with Gasteiger partial charge in [0, 0.05) is 11.9 Å². The van der Waals surface area contributed by atoms with Crippen LogP contribution in [0.3, 0.4) is 0 Å². The maximum absolute atomic E-state index is 5.65. The molecule has 5 heteroatoms. The fourth-order valence-corrected chi connectivity index (χ4v) is 2.84. The molecular weight excluding hydrogens is 336 g/mol. The van der Waals surface area contributed by atoms with Crippen LogP contribution in [0.2, 0.25) is 0 Å². The van der Waals surface area contributed by atoms with Crippen LogP contribution in [0.4, 0.5) is 23.1 Å². The van der Waals surface area contributed by atoms with Gasteiger partial charge in [-0.15, -0.1) is 0 Å². The van der Waals surface area contributed by atoms with Crippen LogP contribution in [-0.4, -0.2) is 16.6 Å². The molecule has 0 unspecified atom stereocenters. The lowest BCUT2D eigenvalue weighted by atomic mass is 9.86. The van der Waals surface area contributed by atoms with Crippen molar-refractivity contribution in [1.82, 2.24) is 9.97 Å². The second-order valence-electron chi connectivity index (χ2n) is 7.24. The first-order valence-electron chi connectivity index (χ1n) is 9.16. The molecule has 0 spiro atoms. The average molecular weight is 362 g/mol. The molecule has 0 aliphatic carbocycles. The molecule has 0 radical (unpaired) electrons. The van der Waals surface area contributed by atoms with Crippen LogP contribution in [0.1, 0.15) is 33.3 Å².